The first-order valence-corrected chi connectivity index (χ1v) is 13.3. The number of benzene rings is 2. The molecule has 1 amide bonds. The first-order valence-electron chi connectivity index (χ1n) is 13.3. The summed E-state index contributed by atoms with van der Waals surface area (Å²) in [6.07, 6.45) is 1.37. The van der Waals surface area contributed by atoms with Crippen LogP contribution in [0.5, 0.6) is 11.5 Å². The lowest BCUT2D eigenvalue weighted by molar-refractivity contribution is -0.128. The number of carbonyl (C=O) groups is 2. The summed E-state index contributed by atoms with van der Waals surface area (Å²) in [6, 6.07) is 15.4. The average Bonchev–Trinajstić information content (AvgIpc) is 2.96. The molecule has 1 aliphatic rings. The van der Waals surface area contributed by atoms with Gasteiger partial charge in [-0.15, -0.1) is 0 Å². The van der Waals surface area contributed by atoms with Gasteiger partial charge in [0.15, 0.2) is 17.1 Å². The van der Waals surface area contributed by atoms with Gasteiger partial charge in [0, 0.05) is 32.2 Å². The van der Waals surface area contributed by atoms with Crippen molar-refractivity contribution in [1.29, 1.82) is 0 Å². The highest BCUT2D eigenvalue weighted by Crippen LogP contribution is 2.38. The van der Waals surface area contributed by atoms with E-state index in [9.17, 15) is 18.8 Å². The third-order valence-electron chi connectivity index (χ3n) is 6.95. The van der Waals surface area contributed by atoms with Gasteiger partial charge < -0.3 is 19.1 Å². The van der Waals surface area contributed by atoms with Crippen LogP contribution in [0.4, 0.5) is 4.39 Å². The zero-order valence-electron chi connectivity index (χ0n) is 23.1. The molecule has 3 heterocycles. The Hall–Kier alpha value is -4.73. The Morgan fingerprint density at radius 3 is 2.54 bits per heavy atom. The van der Waals surface area contributed by atoms with Crippen LogP contribution in [0.3, 0.4) is 0 Å². The Kier molecular flexibility index (Phi) is 8.00. The number of hydrogen-bond donors (Lipinski definition) is 0. The van der Waals surface area contributed by atoms with Gasteiger partial charge in [-0.05, 0) is 30.2 Å². The smallest absolute Gasteiger partial charge is 0.347 e. The highest BCUT2D eigenvalue weighted by Gasteiger charge is 2.33. The molecular formula is C31H30FN3O6. The lowest BCUT2D eigenvalue weighted by Gasteiger charge is -2.32. The van der Waals surface area contributed by atoms with E-state index < -0.39 is 17.6 Å². The number of halogens is 1. The van der Waals surface area contributed by atoms with Gasteiger partial charge in [-0.1, -0.05) is 42.5 Å². The Balaban J connectivity index is 1.69. The molecule has 0 spiro atoms. The lowest BCUT2D eigenvalue weighted by atomic mass is 10.0. The van der Waals surface area contributed by atoms with Crippen LogP contribution in [0.15, 0.2) is 65.6 Å². The van der Waals surface area contributed by atoms with E-state index in [1.54, 1.807) is 32.3 Å². The van der Waals surface area contributed by atoms with Crippen LogP contribution in [0.2, 0.25) is 0 Å². The maximum absolute atomic E-state index is 14.0. The zero-order valence-corrected chi connectivity index (χ0v) is 23.1. The third-order valence-corrected chi connectivity index (χ3v) is 6.95. The molecule has 41 heavy (non-hydrogen) atoms. The number of esters is 1. The molecule has 0 aliphatic carbocycles. The van der Waals surface area contributed by atoms with Gasteiger partial charge in [0.25, 0.3) is 5.56 Å². The number of rotatable bonds is 9. The highest BCUT2D eigenvalue weighted by atomic mass is 19.1. The van der Waals surface area contributed by atoms with Gasteiger partial charge in [-0.3, -0.25) is 19.1 Å². The largest absolute Gasteiger partial charge is 0.485 e. The van der Waals surface area contributed by atoms with Crippen LogP contribution in [-0.4, -0.2) is 52.6 Å². The molecule has 10 heteroatoms. The minimum Gasteiger partial charge on any atom is -0.485 e. The fourth-order valence-corrected chi connectivity index (χ4v) is 4.83. The second-order valence-corrected chi connectivity index (χ2v) is 9.87. The van der Waals surface area contributed by atoms with E-state index in [4.69, 9.17) is 14.2 Å². The van der Waals surface area contributed by atoms with Crippen LogP contribution in [0.1, 0.15) is 40.9 Å². The summed E-state index contributed by atoms with van der Waals surface area (Å²) in [5.41, 5.74) is 2.12. The van der Waals surface area contributed by atoms with Crippen molar-refractivity contribution in [1.82, 2.24) is 14.5 Å². The molecular weight excluding hydrogens is 529 g/mol. The number of hydrogen-bond acceptors (Lipinski definition) is 7. The van der Waals surface area contributed by atoms with Gasteiger partial charge >= 0.3 is 5.97 Å². The number of nitrogens with zero attached hydrogens (tertiary/aromatic N) is 3. The molecule has 212 valence electrons. The quantitative estimate of drug-likeness (QED) is 0.285. The summed E-state index contributed by atoms with van der Waals surface area (Å²) >= 11 is 0. The molecule has 2 aromatic carbocycles. The third kappa shape index (κ3) is 5.77. The van der Waals surface area contributed by atoms with Crippen molar-refractivity contribution in [2.24, 2.45) is 0 Å². The van der Waals surface area contributed by atoms with Crippen molar-refractivity contribution in [2.75, 3.05) is 20.2 Å². The normalized spacial score (nSPS) is 13.9. The van der Waals surface area contributed by atoms with Crippen LogP contribution in [0, 0.1) is 5.82 Å². The van der Waals surface area contributed by atoms with E-state index >= 15 is 0 Å². The topological polar surface area (TPSA) is 100.0 Å². The fourth-order valence-electron chi connectivity index (χ4n) is 4.83. The molecule has 0 radical (unpaired) electrons. The van der Waals surface area contributed by atoms with Gasteiger partial charge in [0.1, 0.15) is 29.6 Å². The van der Waals surface area contributed by atoms with Crippen molar-refractivity contribution in [2.45, 2.75) is 39.5 Å². The van der Waals surface area contributed by atoms with E-state index in [0.717, 1.165) is 11.1 Å². The Bertz CT molecular complexity index is 1650. The Morgan fingerprint density at radius 2 is 1.85 bits per heavy atom. The summed E-state index contributed by atoms with van der Waals surface area (Å²) in [4.78, 5) is 45.3. The Labute approximate surface area is 236 Å². The number of aromatic nitrogens is 2. The van der Waals surface area contributed by atoms with Crippen molar-refractivity contribution < 1.29 is 28.2 Å². The lowest BCUT2D eigenvalue weighted by Crippen LogP contribution is -2.44. The van der Waals surface area contributed by atoms with Gasteiger partial charge in [0.05, 0.1) is 19.7 Å². The minimum absolute atomic E-state index is 0.0149. The second kappa shape index (κ2) is 11.8. The predicted molar refractivity (Wildman–Crippen MR) is 150 cm³/mol. The van der Waals surface area contributed by atoms with Crippen LogP contribution in [-0.2, 0) is 29.1 Å². The number of amides is 1. The van der Waals surface area contributed by atoms with Crippen LogP contribution in [0.25, 0.3) is 11.0 Å². The van der Waals surface area contributed by atoms with Crippen molar-refractivity contribution in [3.8, 4) is 11.5 Å². The first-order chi connectivity index (χ1) is 19.8. The molecule has 0 unspecified atom stereocenters. The predicted octanol–water partition coefficient (Wildman–Crippen LogP) is 4.12. The molecule has 0 saturated carbocycles. The van der Waals surface area contributed by atoms with Crippen molar-refractivity contribution in [3.05, 3.63) is 99.2 Å². The van der Waals surface area contributed by atoms with E-state index in [-0.39, 0.29) is 54.9 Å². The molecule has 9 nitrogen and oxygen atoms in total. The van der Waals surface area contributed by atoms with E-state index in [1.165, 1.54) is 28.5 Å². The van der Waals surface area contributed by atoms with Gasteiger partial charge in [-0.2, -0.15) is 0 Å². The highest BCUT2D eigenvalue weighted by molar-refractivity contribution is 6.00. The summed E-state index contributed by atoms with van der Waals surface area (Å²) in [5, 5.41) is 0. The molecule has 1 aliphatic heterocycles. The zero-order chi connectivity index (χ0) is 29.1. The monoisotopic (exact) mass is 559 g/mol. The molecule has 1 atom stereocenters. The summed E-state index contributed by atoms with van der Waals surface area (Å²) in [6.45, 7) is 3.55. The van der Waals surface area contributed by atoms with Crippen molar-refractivity contribution >= 4 is 22.9 Å². The molecule has 0 bridgehead atoms. The maximum atomic E-state index is 14.0. The number of carbonyl (C=O) groups excluding carboxylic acids is 2. The molecule has 0 saturated heterocycles. The van der Waals surface area contributed by atoms with Crippen molar-refractivity contribution in [3.63, 3.8) is 0 Å². The molecule has 0 fully saturated rings. The molecule has 5 rings (SSSR count). The average molecular weight is 560 g/mol. The Morgan fingerprint density at radius 1 is 1.12 bits per heavy atom. The van der Waals surface area contributed by atoms with Crippen LogP contribution >= 0.6 is 0 Å². The molecule has 4 aromatic rings. The molecule has 0 N–H and O–H groups in total. The number of pyridine rings is 2. The minimum atomic E-state index is -0.811. The second-order valence-electron chi connectivity index (χ2n) is 9.87. The van der Waals surface area contributed by atoms with E-state index in [1.807, 2.05) is 30.3 Å². The SMILES string of the molecule is CCOC(=O)c1c(OCc2ccccc2)c2ncc(Cc3ccc(F)cc3)c3c2n(c1=O)C[C@@H](CN(C)C(C)=O)O3. The van der Waals surface area contributed by atoms with E-state index in [2.05, 4.69) is 4.98 Å². The van der Waals surface area contributed by atoms with Crippen LogP contribution < -0.4 is 15.0 Å². The molecule has 2 aromatic heterocycles. The maximum Gasteiger partial charge on any atom is 0.347 e. The van der Waals surface area contributed by atoms with Gasteiger partial charge in [-0.25, -0.2) is 9.18 Å². The summed E-state index contributed by atoms with van der Waals surface area (Å²) in [7, 11) is 1.65. The number of likely N-dealkylation sites (N-methyl/N-ethyl adjacent to an activating group) is 1. The van der Waals surface area contributed by atoms with Gasteiger partial charge in [0.2, 0.25) is 5.91 Å². The van der Waals surface area contributed by atoms with E-state index in [0.29, 0.717) is 23.3 Å². The summed E-state index contributed by atoms with van der Waals surface area (Å²) in [5.74, 6) is -0.912. The first kappa shape index (κ1) is 27.8. The standard InChI is InChI=1S/C31H30FN3O6/c1-4-39-31(38)25-29(40-18-21-8-6-5-7-9-21)26-27-28(22(15-33-26)14-20-10-12-23(32)13-11-20)41-24(16-34(3)19(2)36)17-35(27)30(25)37/h5-13,15,24H,4,14,16-18H2,1-3H3/t24-/m1/s1. The number of ether oxygens (including phenoxy) is 3. The summed E-state index contributed by atoms with van der Waals surface area (Å²) < 4.78 is 32.8. The fraction of sp³-hybridized carbons (Fsp3) is 0.290.